The minimum Gasteiger partial charge on any atom is -0.396 e. The number of likely N-dealkylation sites (tertiary alicyclic amines) is 1. The molecule has 3 saturated heterocycles. The smallest absolute Gasteiger partial charge is 0.251 e. The van der Waals surface area contributed by atoms with Gasteiger partial charge in [0.15, 0.2) is 0 Å². The number of hydrogen-bond acceptors (Lipinski definition) is 5. The van der Waals surface area contributed by atoms with Gasteiger partial charge in [0, 0.05) is 47.7 Å². The maximum absolute atomic E-state index is 14.8. The summed E-state index contributed by atoms with van der Waals surface area (Å²) in [4.78, 5) is 48.8. The summed E-state index contributed by atoms with van der Waals surface area (Å²) in [5, 5.41) is 11.7. The Morgan fingerprint density at radius 1 is 0.955 bits per heavy atom. The largest absolute Gasteiger partial charge is 0.396 e. The number of aliphatic hydroxyl groups is 1. The van der Waals surface area contributed by atoms with Gasteiger partial charge in [0.1, 0.15) is 6.04 Å². The van der Waals surface area contributed by atoms with Crippen LogP contribution in [0.2, 0.25) is 0 Å². The first-order chi connectivity index (χ1) is 21.4. The Balaban J connectivity index is 1.42. The molecule has 3 unspecified atom stereocenters. The zero-order chi connectivity index (χ0) is 31.0. The fourth-order valence-corrected chi connectivity index (χ4v) is 11.0. The fraction of sp³-hybridized carbons (Fsp3) is 0.343. The quantitative estimate of drug-likeness (QED) is 0.217. The number of nitrogens with zero attached hydrogens (tertiary/aromatic N) is 3. The summed E-state index contributed by atoms with van der Waals surface area (Å²) in [6.45, 7) is 8.51. The minimum absolute atomic E-state index is 0.0477. The van der Waals surface area contributed by atoms with Crippen molar-refractivity contribution in [2.75, 3.05) is 36.0 Å². The van der Waals surface area contributed by atoms with Crippen molar-refractivity contribution < 1.29 is 19.5 Å². The predicted octanol–water partition coefficient (Wildman–Crippen LogP) is 5.43. The molecule has 3 heterocycles. The van der Waals surface area contributed by atoms with E-state index in [1.54, 1.807) is 38.6 Å². The van der Waals surface area contributed by atoms with Gasteiger partial charge < -0.3 is 19.8 Å². The van der Waals surface area contributed by atoms with E-state index in [1.165, 1.54) is 0 Å². The van der Waals surface area contributed by atoms with Gasteiger partial charge in [-0.2, -0.15) is 0 Å². The van der Waals surface area contributed by atoms with Gasteiger partial charge in [0.25, 0.3) is 5.91 Å². The number of thioether (sulfide) groups is 1. The molecule has 44 heavy (non-hydrogen) atoms. The Morgan fingerprint density at radius 3 is 2.30 bits per heavy atom. The van der Waals surface area contributed by atoms with Crippen LogP contribution in [0.15, 0.2) is 98.1 Å². The van der Waals surface area contributed by atoms with Gasteiger partial charge in [0.2, 0.25) is 11.8 Å². The number of benzene rings is 3. The van der Waals surface area contributed by atoms with Crippen LogP contribution in [-0.4, -0.2) is 74.8 Å². The lowest BCUT2D eigenvalue weighted by Crippen LogP contribution is -2.56. The predicted molar refractivity (Wildman–Crippen MR) is 181 cm³/mol. The Morgan fingerprint density at radius 2 is 1.61 bits per heavy atom. The highest BCUT2D eigenvalue weighted by molar-refractivity contribution is 9.09. The van der Waals surface area contributed by atoms with Crippen LogP contribution in [-0.2, 0) is 14.4 Å². The molecule has 0 radical (unpaired) electrons. The molecule has 228 valence electrons. The van der Waals surface area contributed by atoms with Crippen LogP contribution in [0.25, 0.3) is 10.8 Å². The van der Waals surface area contributed by atoms with E-state index in [1.807, 2.05) is 72.8 Å². The number of anilines is 2. The van der Waals surface area contributed by atoms with Gasteiger partial charge >= 0.3 is 0 Å². The number of carbonyl (C=O) groups excluding carboxylic acids is 3. The molecule has 0 aliphatic carbocycles. The molecule has 0 saturated carbocycles. The normalized spacial score (nSPS) is 26.9. The zero-order valence-electron chi connectivity index (χ0n) is 24.4. The van der Waals surface area contributed by atoms with E-state index in [2.05, 4.69) is 29.1 Å². The average Bonchev–Trinajstić information content (AvgIpc) is 3.64. The standard InChI is InChI=1S/C35H36BrN3O4S/c1-3-17-37(25-13-6-5-7-14-25)32(41)28-29-33(42)39(19-10-20-40)31(35(29)22-27(36)30(28)44-35)34(43)38(18-4-2)26-16-15-23-11-8-9-12-24(23)21-26/h3-9,11-16,21,27-31,40H,1-2,10,17-20,22H2/t27?,28-,29-,30-,31?,35?/m0/s1. The van der Waals surface area contributed by atoms with E-state index in [0.29, 0.717) is 19.4 Å². The van der Waals surface area contributed by atoms with E-state index >= 15 is 0 Å². The third kappa shape index (κ3) is 4.99. The number of aliphatic hydroxyl groups excluding tert-OH is 1. The molecular formula is C35H36BrN3O4S. The highest BCUT2D eigenvalue weighted by Crippen LogP contribution is 2.68. The first-order valence-corrected chi connectivity index (χ1v) is 16.8. The molecule has 0 aromatic heterocycles. The molecule has 6 rings (SSSR count). The number of para-hydroxylation sites is 1. The van der Waals surface area contributed by atoms with E-state index in [-0.39, 0.29) is 47.5 Å². The summed E-state index contributed by atoms with van der Waals surface area (Å²) in [6.07, 6.45) is 4.32. The number of hydrogen-bond donors (Lipinski definition) is 1. The van der Waals surface area contributed by atoms with Crippen molar-refractivity contribution in [2.24, 2.45) is 11.8 Å². The molecular weight excluding hydrogens is 638 g/mol. The zero-order valence-corrected chi connectivity index (χ0v) is 26.8. The average molecular weight is 675 g/mol. The monoisotopic (exact) mass is 673 g/mol. The SMILES string of the molecule is C=CCN(C(=O)C1N(CCCO)C(=O)[C@@H]2[C@H](C(=O)N(CC=C)c3ccccc3)[C@H]3SC12CC3Br)c1ccc2ccccc2c1. The number of fused-ring (bicyclic) bond motifs is 2. The van der Waals surface area contributed by atoms with Gasteiger partial charge in [0.05, 0.1) is 16.6 Å². The third-order valence-corrected chi connectivity index (χ3v) is 12.4. The highest BCUT2D eigenvalue weighted by Gasteiger charge is 2.76. The highest BCUT2D eigenvalue weighted by atomic mass is 79.9. The van der Waals surface area contributed by atoms with Crippen LogP contribution < -0.4 is 9.80 Å². The van der Waals surface area contributed by atoms with Crippen LogP contribution in [0.4, 0.5) is 11.4 Å². The van der Waals surface area contributed by atoms with E-state index in [0.717, 1.165) is 22.1 Å². The van der Waals surface area contributed by atoms with Gasteiger partial charge in [-0.15, -0.1) is 24.9 Å². The summed E-state index contributed by atoms with van der Waals surface area (Å²) >= 11 is 5.48. The van der Waals surface area contributed by atoms with Gasteiger partial charge in [-0.25, -0.2) is 0 Å². The van der Waals surface area contributed by atoms with E-state index < -0.39 is 22.6 Å². The molecule has 9 heteroatoms. The first kappa shape index (κ1) is 30.6. The van der Waals surface area contributed by atoms with Crippen molar-refractivity contribution in [1.29, 1.82) is 0 Å². The number of carbonyl (C=O) groups is 3. The van der Waals surface area contributed by atoms with Crippen LogP contribution >= 0.6 is 27.7 Å². The van der Waals surface area contributed by atoms with Crippen molar-refractivity contribution in [3.63, 3.8) is 0 Å². The summed E-state index contributed by atoms with van der Waals surface area (Å²) in [6, 6.07) is 22.5. The third-order valence-electron chi connectivity index (χ3n) is 9.13. The van der Waals surface area contributed by atoms with Crippen LogP contribution in [0.1, 0.15) is 12.8 Å². The second kappa shape index (κ2) is 12.5. The molecule has 7 nitrogen and oxygen atoms in total. The van der Waals surface area contributed by atoms with E-state index in [9.17, 15) is 19.5 Å². The molecule has 3 fully saturated rings. The summed E-state index contributed by atoms with van der Waals surface area (Å²) in [7, 11) is 0. The lowest BCUT2D eigenvalue weighted by Gasteiger charge is -2.38. The summed E-state index contributed by atoms with van der Waals surface area (Å²) in [5.74, 6) is -1.79. The van der Waals surface area contributed by atoms with E-state index in [4.69, 9.17) is 0 Å². The van der Waals surface area contributed by atoms with Crippen LogP contribution in [0, 0.1) is 11.8 Å². The Hall–Kier alpha value is -3.40. The second-order valence-electron chi connectivity index (χ2n) is 11.6. The van der Waals surface area contributed by atoms with Crippen molar-refractivity contribution >= 4 is 67.6 Å². The lowest BCUT2D eigenvalue weighted by atomic mass is 9.70. The number of amides is 3. The molecule has 1 N–H and O–H groups in total. The maximum atomic E-state index is 14.8. The summed E-state index contributed by atoms with van der Waals surface area (Å²) in [5.41, 5.74) is 1.47. The Kier molecular flexibility index (Phi) is 8.72. The maximum Gasteiger partial charge on any atom is 0.251 e. The lowest BCUT2D eigenvalue weighted by molar-refractivity contribution is -0.139. The molecule has 3 aromatic carbocycles. The van der Waals surface area contributed by atoms with Crippen molar-refractivity contribution in [3.05, 3.63) is 98.1 Å². The van der Waals surface area contributed by atoms with Crippen LogP contribution in [0.5, 0.6) is 0 Å². The molecule has 1 spiro atoms. The van der Waals surface area contributed by atoms with Gasteiger partial charge in [-0.1, -0.05) is 76.6 Å². The number of alkyl halides is 1. The Labute approximate surface area is 270 Å². The second-order valence-corrected chi connectivity index (χ2v) is 14.3. The van der Waals surface area contributed by atoms with Gasteiger partial charge in [-0.05, 0) is 47.9 Å². The van der Waals surface area contributed by atoms with Gasteiger partial charge in [-0.3, -0.25) is 14.4 Å². The molecule has 3 amide bonds. The molecule has 2 bridgehead atoms. The molecule has 6 atom stereocenters. The Bertz CT molecular complexity index is 1600. The molecule has 3 aliphatic heterocycles. The molecule has 3 aliphatic rings. The van der Waals surface area contributed by atoms with Crippen LogP contribution in [0.3, 0.4) is 0 Å². The first-order valence-electron chi connectivity index (χ1n) is 15.0. The van der Waals surface area contributed by atoms with Crippen molar-refractivity contribution in [3.8, 4) is 0 Å². The summed E-state index contributed by atoms with van der Waals surface area (Å²) < 4.78 is -0.796. The number of halogens is 1. The molecule has 3 aromatic rings. The fourth-order valence-electron chi connectivity index (χ4n) is 7.36. The topological polar surface area (TPSA) is 81.2 Å². The minimum atomic E-state index is -0.796. The van der Waals surface area contributed by atoms with Crippen molar-refractivity contribution in [2.45, 2.75) is 33.7 Å². The number of rotatable bonds is 11. The van der Waals surface area contributed by atoms with Crippen molar-refractivity contribution in [1.82, 2.24) is 4.90 Å².